The van der Waals surface area contributed by atoms with Crippen molar-refractivity contribution in [2.45, 2.75) is 13.5 Å². The lowest BCUT2D eigenvalue weighted by molar-refractivity contribution is -0.394. The normalized spacial score (nSPS) is 11.0. The molecule has 0 fully saturated rings. The van der Waals surface area contributed by atoms with Gasteiger partial charge in [0.2, 0.25) is 12.3 Å². The van der Waals surface area contributed by atoms with E-state index in [0.29, 0.717) is 5.69 Å². The zero-order valence-corrected chi connectivity index (χ0v) is 11.6. The second kappa shape index (κ2) is 6.07. The summed E-state index contributed by atoms with van der Waals surface area (Å²) in [5, 5.41) is 21.3. The third-order valence-electron chi connectivity index (χ3n) is 2.57. The molecule has 1 N–H and O–H groups in total. The molecular weight excluding hydrogens is 299 g/mol. The van der Waals surface area contributed by atoms with E-state index in [9.17, 15) is 19.3 Å². The van der Waals surface area contributed by atoms with Gasteiger partial charge in [0.25, 0.3) is 5.91 Å². The number of amides is 1. The van der Waals surface area contributed by atoms with Crippen LogP contribution in [-0.2, 0) is 18.4 Å². The van der Waals surface area contributed by atoms with Gasteiger partial charge in [-0.25, -0.2) is 10.1 Å². The number of hydrogen-bond acceptors (Lipinski definition) is 7. The largest absolute Gasteiger partial charge is 0.490 e. The van der Waals surface area contributed by atoms with E-state index in [-0.39, 0.29) is 12.1 Å². The topological polar surface area (TPSA) is 133 Å². The molecule has 0 aromatic carbocycles. The first-order valence-corrected chi connectivity index (χ1v) is 5.93. The van der Waals surface area contributed by atoms with Crippen LogP contribution in [0.2, 0.25) is 0 Å². The van der Waals surface area contributed by atoms with Crippen molar-refractivity contribution in [1.29, 1.82) is 0 Å². The number of nitro groups is 1. The van der Waals surface area contributed by atoms with Crippen molar-refractivity contribution in [3.8, 4) is 0 Å². The molecule has 2 rings (SSSR count). The highest BCUT2D eigenvalue weighted by molar-refractivity contribution is 5.83. The van der Waals surface area contributed by atoms with Crippen LogP contribution in [0.5, 0.6) is 0 Å². The van der Waals surface area contributed by atoms with Crippen molar-refractivity contribution in [3.63, 3.8) is 0 Å². The first kappa shape index (κ1) is 15.2. The maximum Gasteiger partial charge on any atom is 0.490 e. The summed E-state index contributed by atoms with van der Waals surface area (Å²) in [6.07, 6.45) is 2.17. The van der Waals surface area contributed by atoms with E-state index < -0.39 is 22.7 Å². The summed E-state index contributed by atoms with van der Waals surface area (Å²) < 4.78 is 15.6. The zero-order chi connectivity index (χ0) is 16.3. The predicted molar refractivity (Wildman–Crippen MR) is 70.3 cm³/mol. The number of hydrogen-bond donors (Lipinski definition) is 1. The summed E-state index contributed by atoms with van der Waals surface area (Å²) in [6.45, 7) is 1.29. The van der Waals surface area contributed by atoms with Gasteiger partial charge in [-0.05, 0) is 11.8 Å². The summed E-state index contributed by atoms with van der Waals surface area (Å²) in [6, 6.07) is 0. The molecule has 2 heterocycles. The molecule has 2 aromatic rings. The highest BCUT2D eigenvalue weighted by atomic mass is 19.1. The van der Waals surface area contributed by atoms with Gasteiger partial charge in [-0.3, -0.25) is 4.79 Å². The molecule has 0 saturated carbocycles. The van der Waals surface area contributed by atoms with Gasteiger partial charge in [0, 0.05) is 12.1 Å². The molecule has 0 aliphatic rings. The summed E-state index contributed by atoms with van der Waals surface area (Å²) in [5.74, 6) is -1.79. The Bertz CT molecular complexity index is 749. The van der Waals surface area contributed by atoms with Crippen molar-refractivity contribution in [1.82, 2.24) is 30.0 Å². The SMILES string of the molecule is Cc1nn(C)c(F)c1C=NNC(=O)Cn1cnc([N+](=O)[O-])n1. The van der Waals surface area contributed by atoms with Crippen LogP contribution in [0.4, 0.5) is 10.3 Å². The van der Waals surface area contributed by atoms with E-state index in [2.05, 4.69) is 25.7 Å². The fourth-order valence-electron chi connectivity index (χ4n) is 1.59. The first-order valence-electron chi connectivity index (χ1n) is 5.93. The second-order valence-electron chi connectivity index (χ2n) is 4.21. The quantitative estimate of drug-likeness (QED) is 0.450. The van der Waals surface area contributed by atoms with Crippen molar-refractivity contribution in [3.05, 3.63) is 33.6 Å². The number of aromatic nitrogens is 5. The number of aryl methyl sites for hydroxylation is 2. The van der Waals surface area contributed by atoms with Crippen LogP contribution >= 0.6 is 0 Å². The molecule has 22 heavy (non-hydrogen) atoms. The Kier molecular flexibility index (Phi) is 4.20. The highest BCUT2D eigenvalue weighted by Crippen LogP contribution is 2.07. The molecular formula is C10H11FN8O3. The summed E-state index contributed by atoms with van der Waals surface area (Å²) in [5.41, 5.74) is 2.72. The van der Waals surface area contributed by atoms with Gasteiger partial charge in [0.15, 0.2) is 0 Å². The van der Waals surface area contributed by atoms with Gasteiger partial charge in [-0.15, -0.1) is 0 Å². The molecule has 12 heteroatoms. The minimum absolute atomic E-state index is 0.152. The lowest BCUT2D eigenvalue weighted by Crippen LogP contribution is -2.23. The molecule has 0 radical (unpaired) electrons. The summed E-state index contributed by atoms with van der Waals surface area (Å²) in [4.78, 5) is 24.6. The Morgan fingerprint density at radius 2 is 2.32 bits per heavy atom. The fraction of sp³-hybridized carbons (Fsp3) is 0.300. The number of rotatable bonds is 5. The lowest BCUT2D eigenvalue weighted by atomic mass is 10.3. The number of hydrazone groups is 1. The van der Waals surface area contributed by atoms with Crippen LogP contribution in [-0.4, -0.2) is 41.6 Å². The molecule has 0 aliphatic heterocycles. The molecule has 1 amide bonds. The summed E-state index contributed by atoms with van der Waals surface area (Å²) in [7, 11) is 1.44. The Labute approximate surface area is 122 Å². The third-order valence-corrected chi connectivity index (χ3v) is 2.57. The summed E-state index contributed by atoms with van der Waals surface area (Å²) >= 11 is 0. The average Bonchev–Trinajstić information content (AvgIpc) is 2.99. The van der Waals surface area contributed by atoms with Crippen LogP contribution in [0.1, 0.15) is 11.3 Å². The predicted octanol–water partition coefficient (Wildman–Crippen LogP) is -0.482. The molecule has 11 nitrogen and oxygen atoms in total. The monoisotopic (exact) mass is 310 g/mol. The lowest BCUT2D eigenvalue weighted by Gasteiger charge is -1.96. The minimum atomic E-state index is -0.777. The van der Waals surface area contributed by atoms with Crippen LogP contribution in [0, 0.1) is 23.0 Å². The van der Waals surface area contributed by atoms with E-state index in [1.807, 2.05) is 0 Å². The molecule has 0 bridgehead atoms. The maximum absolute atomic E-state index is 13.6. The van der Waals surface area contributed by atoms with Gasteiger partial charge < -0.3 is 10.1 Å². The Morgan fingerprint density at radius 1 is 1.59 bits per heavy atom. The number of carbonyl (C=O) groups excluding carboxylic acids is 1. The maximum atomic E-state index is 13.6. The van der Waals surface area contributed by atoms with Gasteiger partial charge in [0.1, 0.15) is 6.54 Å². The Balaban J connectivity index is 1.94. The molecule has 0 atom stereocenters. The van der Waals surface area contributed by atoms with Crippen molar-refractivity contribution in [2.24, 2.45) is 12.1 Å². The zero-order valence-electron chi connectivity index (χ0n) is 11.6. The van der Waals surface area contributed by atoms with E-state index in [0.717, 1.165) is 21.9 Å². The fourth-order valence-corrected chi connectivity index (χ4v) is 1.59. The first-order chi connectivity index (χ1) is 10.4. The van der Waals surface area contributed by atoms with Gasteiger partial charge >= 0.3 is 5.95 Å². The van der Waals surface area contributed by atoms with E-state index in [1.165, 1.54) is 7.05 Å². The van der Waals surface area contributed by atoms with Gasteiger partial charge in [-0.2, -0.15) is 19.3 Å². The minimum Gasteiger partial charge on any atom is -0.390 e. The number of nitrogens with one attached hydrogen (secondary N) is 1. The number of halogens is 1. The van der Waals surface area contributed by atoms with Gasteiger partial charge in [0.05, 0.1) is 17.5 Å². The number of nitrogens with zero attached hydrogens (tertiary/aromatic N) is 7. The van der Waals surface area contributed by atoms with Crippen molar-refractivity contribution < 1.29 is 14.1 Å². The van der Waals surface area contributed by atoms with Crippen LogP contribution in [0.15, 0.2) is 11.4 Å². The molecule has 0 saturated heterocycles. The molecule has 0 spiro atoms. The van der Waals surface area contributed by atoms with Crippen LogP contribution in [0.25, 0.3) is 0 Å². The van der Waals surface area contributed by atoms with Crippen LogP contribution < -0.4 is 5.43 Å². The van der Waals surface area contributed by atoms with Crippen LogP contribution in [0.3, 0.4) is 0 Å². The van der Waals surface area contributed by atoms with E-state index >= 15 is 0 Å². The third kappa shape index (κ3) is 3.28. The van der Waals surface area contributed by atoms with Gasteiger partial charge in [-0.1, -0.05) is 4.98 Å². The Hall–Kier alpha value is -3.18. The molecule has 2 aromatic heterocycles. The standard InChI is InChI=1S/C10H11FN8O3/c1-6-7(9(11)17(2)15-6)3-13-14-8(20)4-18-5-12-10(16-18)19(21)22/h3,5H,4H2,1-2H3,(H,14,20). The highest BCUT2D eigenvalue weighted by Gasteiger charge is 2.15. The smallest absolute Gasteiger partial charge is 0.390 e. The Morgan fingerprint density at radius 3 is 2.86 bits per heavy atom. The number of carbonyl (C=O) groups is 1. The molecule has 0 aliphatic carbocycles. The van der Waals surface area contributed by atoms with Crippen molar-refractivity contribution in [2.75, 3.05) is 0 Å². The average molecular weight is 310 g/mol. The van der Waals surface area contributed by atoms with Crippen molar-refractivity contribution >= 4 is 18.1 Å². The van der Waals surface area contributed by atoms with E-state index in [4.69, 9.17) is 0 Å². The second-order valence-corrected chi connectivity index (χ2v) is 4.21. The van der Waals surface area contributed by atoms with E-state index in [1.54, 1.807) is 6.92 Å². The molecule has 0 unspecified atom stereocenters. The molecule has 116 valence electrons.